The van der Waals surface area contributed by atoms with Gasteiger partial charge in [-0.2, -0.15) is 0 Å². The Morgan fingerprint density at radius 3 is 2.73 bits per heavy atom. The lowest BCUT2D eigenvalue weighted by molar-refractivity contribution is 0.0600. The lowest BCUT2D eigenvalue weighted by Crippen LogP contribution is -2.38. The SMILES string of the molecule is COC(=O)c1ccc(CNC(=O)NC2CCSc3ccc(F)cc32)cc1. The van der Waals surface area contributed by atoms with Crippen molar-refractivity contribution in [3.05, 3.63) is 65.0 Å². The largest absolute Gasteiger partial charge is 0.465 e. The van der Waals surface area contributed by atoms with Gasteiger partial charge in [0.1, 0.15) is 5.82 Å². The molecular formula is C19H19FN2O3S. The van der Waals surface area contributed by atoms with Crippen LogP contribution < -0.4 is 10.6 Å². The molecule has 2 amide bonds. The number of hydrogen-bond acceptors (Lipinski definition) is 4. The van der Waals surface area contributed by atoms with Gasteiger partial charge in [0.15, 0.2) is 0 Å². The molecule has 0 bridgehead atoms. The van der Waals surface area contributed by atoms with Crippen LogP contribution in [0.4, 0.5) is 9.18 Å². The maximum Gasteiger partial charge on any atom is 0.337 e. The number of hydrogen-bond donors (Lipinski definition) is 2. The predicted octanol–water partition coefficient (Wildman–Crippen LogP) is 3.65. The fourth-order valence-electron chi connectivity index (χ4n) is 2.78. The number of halogens is 1. The molecule has 0 radical (unpaired) electrons. The molecule has 2 aromatic rings. The zero-order valence-corrected chi connectivity index (χ0v) is 15.1. The highest BCUT2D eigenvalue weighted by molar-refractivity contribution is 7.99. The lowest BCUT2D eigenvalue weighted by Gasteiger charge is -2.26. The van der Waals surface area contributed by atoms with Crippen LogP contribution in [0.2, 0.25) is 0 Å². The van der Waals surface area contributed by atoms with Crippen LogP contribution in [-0.2, 0) is 11.3 Å². The average Bonchev–Trinajstić information content (AvgIpc) is 2.66. The predicted molar refractivity (Wildman–Crippen MR) is 97.6 cm³/mol. The number of thioether (sulfide) groups is 1. The van der Waals surface area contributed by atoms with Gasteiger partial charge in [-0.15, -0.1) is 11.8 Å². The van der Waals surface area contributed by atoms with Gasteiger partial charge >= 0.3 is 12.0 Å². The zero-order chi connectivity index (χ0) is 18.5. The summed E-state index contributed by atoms with van der Waals surface area (Å²) in [6, 6.07) is 11.0. The second kappa shape index (κ2) is 8.23. The monoisotopic (exact) mass is 374 g/mol. The molecule has 1 aliphatic rings. The van der Waals surface area contributed by atoms with E-state index in [-0.39, 0.29) is 17.9 Å². The lowest BCUT2D eigenvalue weighted by atomic mass is 10.0. The highest BCUT2D eigenvalue weighted by Crippen LogP contribution is 2.36. The summed E-state index contributed by atoms with van der Waals surface area (Å²) in [4.78, 5) is 24.6. The number of ether oxygens (including phenoxy) is 1. The number of amides is 2. The molecule has 1 aliphatic heterocycles. The summed E-state index contributed by atoms with van der Waals surface area (Å²) in [5.41, 5.74) is 2.14. The molecule has 0 aromatic heterocycles. The van der Waals surface area contributed by atoms with E-state index in [1.54, 1.807) is 42.1 Å². The highest BCUT2D eigenvalue weighted by Gasteiger charge is 2.22. The van der Waals surface area contributed by atoms with E-state index in [2.05, 4.69) is 15.4 Å². The van der Waals surface area contributed by atoms with Crippen molar-refractivity contribution in [2.45, 2.75) is 23.9 Å². The van der Waals surface area contributed by atoms with E-state index in [0.717, 1.165) is 28.2 Å². The minimum absolute atomic E-state index is 0.205. The van der Waals surface area contributed by atoms with Gasteiger partial charge in [0.05, 0.1) is 18.7 Å². The van der Waals surface area contributed by atoms with Crippen LogP contribution in [0.15, 0.2) is 47.4 Å². The maximum absolute atomic E-state index is 13.5. The molecular weight excluding hydrogens is 355 g/mol. The maximum atomic E-state index is 13.5. The quantitative estimate of drug-likeness (QED) is 0.802. The molecule has 2 N–H and O–H groups in total. The van der Waals surface area contributed by atoms with Gasteiger partial charge in [-0.05, 0) is 47.9 Å². The molecule has 0 spiro atoms. The van der Waals surface area contributed by atoms with Crippen molar-refractivity contribution in [1.29, 1.82) is 0 Å². The van der Waals surface area contributed by atoms with Crippen molar-refractivity contribution >= 4 is 23.8 Å². The first-order valence-electron chi connectivity index (χ1n) is 8.20. The van der Waals surface area contributed by atoms with Gasteiger partial charge in [0.2, 0.25) is 0 Å². The molecule has 1 atom stereocenters. The summed E-state index contributed by atoms with van der Waals surface area (Å²) >= 11 is 1.67. The van der Waals surface area contributed by atoms with Crippen LogP contribution >= 0.6 is 11.8 Å². The van der Waals surface area contributed by atoms with Gasteiger partial charge in [0.25, 0.3) is 0 Å². The van der Waals surface area contributed by atoms with Gasteiger partial charge in [-0.1, -0.05) is 12.1 Å². The minimum atomic E-state index is -0.400. The Morgan fingerprint density at radius 1 is 1.23 bits per heavy atom. The molecule has 7 heteroatoms. The topological polar surface area (TPSA) is 67.4 Å². The number of benzene rings is 2. The van der Waals surface area contributed by atoms with Crippen molar-refractivity contribution in [2.75, 3.05) is 12.9 Å². The van der Waals surface area contributed by atoms with Gasteiger partial charge in [0, 0.05) is 17.2 Å². The number of fused-ring (bicyclic) bond motifs is 1. The Bertz CT molecular complexity index is 811. The second-order valence-corrected chi connectivity index (χ2v) is 7.02. The summed E-state index contributed by atoms with van der Waals surface area (Å²) in [6.07, 6.45) is 0.752. The number of rotatable bonds is 4. The number of methoxy groups -OCH3 is 1. The first-order chi connectivity index (χ1) is 12.6. The normalized spacial score (nSPS) is 15.7. The van der Waals surface area contributed by atoms with E-state index < -0.39 is 5.97 Å². The van der Waals surface area contributed by atoms with Crippen molar-refractivity contribution in [3.8, 4) is 0 Å². The third-order valence-corrected chi connectivity index (χ3v) is 5.27. The van der Waals surface area contributed by atoms with Gasteiger partial charge in [-0.3, -0.25) is 0 Å². The van der Waals surface area contributed by atoms with Crippen molar-refractivity contribution in [2.24, 2.45) is 0 Å². The molecule has 0 fully saturated rings. The van der Waals surface area contributed by atoms with Crippen LogP contribution in [0.25, 0.3) is 0 Å². The fraction of sp³-hybridized carbons (Fsp3) is 0.263. The molecule has 2 aromatic carbocycles. The van der Waals surface area contributed by atoms with Crippen LogP contribution in [0.1, 0.15) is 33.9 Å². The molecule has 0 saturated heterocycles. The molecule has 0 aliphatic carbocycles. The molecule has 5 nitrogen and oxygen atoms in total. The number of nitrogens with one attached hydrogen (secondary N) is 2. The van der Waals surface area contributed by atoms with E-state index in [4.69, 9.17) is 0 Å². The highest BCUT2D eigenvalue weighted by atomic mass is 32.2. The van der Waals surface area contributed by atoms with E-state index in [1.807, 2.05) is 0 Å². The number of carbonyl (C=O) groups is 2. The Balaban J connectivity index is 1.57. The van der Waals surface area contributed by atoms with Crippen LogP contribution in [0, 0.1) is 5.82 Å². The van der Waals surface area contributed by atoms with E-state index in [0.29, 0.717) is 12.1 Å². The first kappa shape index (κ1) is 18.3. The standard InChI is InChI=1S/C19H19FN2O3S/c1-25-18(23)13-4-2-12(3-5-13)11-21-19(24)22-16-8-9-26-17-7-6-14(20)10-15(16)17/h2-7,10,16H,8-9,11H2,1H3,(H2,21,22,24). The summed E-state index contributed by atoms with van der Waals surface area (Å²) in [6.45, 7) is 0.324. The van der Waals surface area contributed by atoms with Crippen molar-refractivity contribution in [3.63, 3.8) is 0 Å². The minimum Gasteiger partial charge on any atom is -0.465 e. The van der Waals surface area contributed by atoms with Crippen molar-refractivity contribution in [1.82, 2.24) is 10.6 Å². The molecule has 1 unspecified atom stereocenters. The van der Waals surface area contributed by atoms with E-state index in [1.165, 1.54) is 19.2 Å². The van der Waals surface area contributed by atoms with Gasteiger partial charge in [-0.25, -0.2) is 14.0 Å². The Morgan fingerprint density at radius 2 is 2.00 bits per heavy atom. The van der Waals surface area contributed by atoms with E-state index >= 15 is 0 Å². The number of esters is 1. The second-order valence-electron chi connectivity index (χ2n) is 5.89. The Hall–Kier alpha value is -2.54. The third-order valence-electron chi connectivity index (χ3n) is 4.14. The Kier molecular flexibility index (Phi) is 5.78. The number of urea groups is 1. The molecule has 26 heavy (non-hydrogen) atoms. The first-order valence-corrected chi connectivity index (χ1v) is 9.19. The summed E-state index contributed by atoms with van der Waals surface area (Å²) < 4.78 is 18.2. The summed E-state index contributed by atoms with van der Waals surface area (Å²) in [7, 11) is 1.33. The molecule has 3 rings (SSSR count). The molecule has 0 saturated carbocycles. The summed E-state index contributed by atoms with van der Waals surface area (Å²) in [5, 5.41) is 5.69. The summed E-state index contributed by atoms with van der Waals surface area (Å²) in [5.74, 6) is 0.172. The Labute approximate surface area is 155 Å². The van der Waals surface area contributed by atoms with Crippen LogP contribution in [-0.4, -0.2) is 24.9 Å². The zero-order valence-electron chi connectivity index (χ0n) is 14.3. The molecule has 1 heterocycles. The van der Waals surface area contributed by atoms with Crippen LogP contribution in [0.3, 0.4) is 0 Å². The van der Waals surface area contributed by atoms with E-state index in [9.17, 15) is 14.0 Å². The molecule has 136 valence electrons. The van der Waals surface area contributed by atoms with Crippen molar-refractivity contribution < 1.29 is 18.7 Å². The average molecular weight is 374 g/mol. The smallest absolute Gasteiger partial charge is 0.337 e. The third kappa shape index (κ3) is 4.35. The van der Waals surface area contributed by atoms with Gasteiger partial charge < -0.3 is 15.4 Å². The number of carbonyl (C=O) groups excluding carboxylic acids is 2. The fourth-order valence-corrected chi connectivity index (χ4v) is 3.89. The van der Waals surface area contributed by atoms with Crippen LogP contribution in [0.5, 0.6) is 0 Å².